The van der Waals surface area contributed by atoms with E-state index in [4.69, 9.17) is 4.74 Å². The summed E-state index contributed by atoms with van der Waals surface area (Å²) in [5, 5.41) is 8.21. The Bertz CT molecular complexity index is 855. The fraction of sp³-hybridized carbons (Fsp3) is 0.444. The minimum atomic E-state index is 0.179. The molecule has 0 N–H and O–H groups in total. The molecule has 0 radical (unpaired) electrons. The molecular formula is C18H22N6O. The molecule has 1 aliphatic rings. The zero-order valence-corrected chi connectivity index (χ0v) is 14.5. The lowest BCUT2D eigenvalue weighted by molar-refractivity contribution is 0.0738. The van der Waals surface area contributed by atoms with Gasteiger partial charge in [0.15, 0.2) is 0 Å². The van der Waals surface area contributed by atoms with Crippen LogP contribution in [0.1, 0.15) is 31.6 Å². The largest absolute Gasteiger partial charge is 0.473 e. The van der Waals surface area contributed by atoms with Gasteiger partial charge in [-0.25, -0.2) is 9.97 Å². The summed E-state index contributed by atoms with van der Waals surface area (Å²) in [5.41, 5.74) is 1.76. The number of para-hydroxylation sites is 2. The van der Waals surface area contributed by atoms with Gasteiger partial charge in [0, 0.05) is 20.1 Å². The maximum absolute atomic E-state index is 6.07. The van der Waals surface area contributed by atoms with Gasteiger partial charge in [0.1, 0.15) is 18.3 Å². The zero-order valence-electron chi connectivity index (χ0n) is 14.5. The number of hydrogen-bond donors (Lipinski definition) is 0. The number of piperidine rings is 1. The molecule has 1 aliphatic heterocycles. The average molecular weight is 338 g/mol. The van der Waals surface area contributed by atoms with Gasteiger partial charge in [-0.1, -0.05) is 12.1 Å². The third-order valence-corrected chi connectivity index (χ3v) is 4.86. The van der Waals surface area contributed by atoms with Crippen molar-refractivity contribution in [1.82, 2.24) is 29.6 Å². The van der Waals surface area contributed by atoms with E-state index in [-0.39, 0.29) is 12.1 Å². The van der Waals surface area contributed by atoms with Gasteiger partial charge in [0.05, 0.1) is 23.3 Å². The molecule has 0 saturated carbocycles. The highest BCUT2D eigenvalue weighted by Gasteiger charge is 2.26. The van der Waals surface area contributed by atoms with E-state index in [2.05, 4.69) is 32.0 Å². The SMILES string of the molecule is CC(c1nncn1C)N1CCC(Oc2cnc3ccccc3n2)CC1. The van der Waals surface area contributed by atoms with Crippen LogP contribution in [0.2, 0.25) is 0 Å². The third-order valence-electron chi connectivity index (χ3n) is 4.86. The third kappa shape index (κ3) is 3.32. The summed E-state index contributed by atoms with van der Waals surface area (Å²) in [5.74, 6) is 1.61. The van der Waals surface area contributed by atoms with Crippen molar-refractivity contribution in [3.8, 4) is 5.88 Å². The molecule has 1 saturated heterocycles. The summed E-state index contributed by atoms with van der Waals surface area (Å²) in [6.45, 7) is 4.12. The Kier molecular flexibility index (Phi) is 4.31. The van der Waals surface area contributed by atoms with Gasteiger partial charge in [-0.2, -0.15) is 0 Å². The first kappa shape index (κ1) is 16.0. The monoisotopic (exact) mass is 338 g/mol. The molecule has 2 aromatic heterocycles. The maximum atomic E-state index is 6.07. The van der Waals surface area contributed by atoms with Gasteiger partial charge in [-0.15, -0.1) is 10.2 Å². The number of aryl methyl sites for hydroxylation is 1. The molecule has 7 heteroatoms. The van der Waals surface area contributed by atoms with Crippen molar-refractivity contribution in [2.24, 2.45) is 7.05 Å². The Morgan fingerprint density at radius 3 is 2.64 bits per heavy atom. The Balaban J connectivity index is 1.37. The van der Waals surface area contributed by atoms with Gasteiger partial charge < -0.3 is 9.30 Å². The molecule has 0 spiro atoms. The molecule has 4 rings (SSSR count). The summed E-state index contributed by atoms with van der Waals surface area (Å²) in [7, 11) is 1.99. The highest BCUT2D eigenvalue weighted by Crippen LogP contribution is 2.24. The van der Waals surface area contributed by atoms with Gasteiger partial charge in [-0.3, -0.25) is 4.90 Å². The standard InChI is InChI=1S/C18H22N6O/c1-13(18-22-20-12-23(18)2)24-9-7-14(8-10-24)25-17-11-19-15-5-3-4-6-16(15)21-17/h3-6,11-14H,7-10H2,1-2H3. The molecule has 1 aromatic carbocycles. The molecule has 0 amide bonds. The molecule has 0 aliphatic carbocycles. The highest BCUT2D eigenvalue weighted by molar-refractivity contribution is 5.73. The van der Waals surface area contributed by atoms with E-state index in [1.807, 2.05) is 35.9 Å². The second-order valence-corrected chi connectivity index (χ2v) is 6.53. The quantitative estimate of drug-likeness (QED) is 0.727. The van der Waals surface area contributed by atoms with Gasteiger partial charge >= 0.3 is 0 Å². The van der Waals surface area contributed by atoms with Gasteiger partial charge in [-0.05, 0) is 31.9 Å². The minimum Gasteiger partial charge on any atom is -0.473 e. The van der Waals surface area contributed by atoms with E-state index in [9.17, 15) is 0 Å². The summed E-state index contributed by atoms with van der Waals surface area (Å²) >= 11 is 0. The lowest BCUT2D eigenvalue weighted by atomic mass is 10.1. The van der Waals surface area contributed by atoms with Crippen molar-refractivity contribution in [3.63, 3.8) is 0 Å². The van der Waals surface area contributed by atoms with E-state index < -0.39 is 0 Å². The first-order chi connectivity index (χ1) is 12.2. The first-order valence-electron chi connectivity index (χ1n) is 8.67. The molecule has 1 unspecified atom stereocenters. The van der Waals surface area contributed by atoms with Crippen LogP contribution in [-0.2, 0) is 7.05 Å². The van der Waals surface area contributed by atoms with Crippen molar-refractivity contribution in [2.75, 3.05) is 13.1 Å². The molecule has 25 heavy (non-hydrogen) atoms. The van der Waals surface area contributed by atoms with Gasteiger partial charge in [0.2, 0.25) is 5.88 Å². The first-order valence-corrected chi connectivity index (χ1v) is 8.67. The van der Waals surface area contributed by atoms with E-state index in [0.29, 0.717) is 5.88 Å². The maximum Gasteiger partial charge on any atom is 0.233 e. The minimum absolute atomic E-state index is 0.179. The predicted octanol–water partition coefficient (Wildman–Crippen LogP) is 2.36. The highest BCUT2D eigenvalue weighted by atomic mass is 16.5. The summed E-state index contributed by atoms with van der Waals surface area (Å²) in [4.78, 5) is 11.4. The van der Waals surface area contributed by atoms with Crippen LogP contribution in [-0.4, -0.2) is 48.8 Å². The molecule has 3 heterocycles. The van der Waals surface area contributed by atoms with Crippen molar-refractivity contribution < 1.29 is 4.74 Å². The van der Waals surface area contributed by atoms with Crippen molar-refractivity contribution in [2.45, 2.75) is 31.9 Å². The van der Waals surface area contributed by atoms with E-state index in [1.165, 1.54) is 0 Å². The van der Waals surface area contributed by atoms with Crippen molar-refractivity contribution in [3.05, 3.63) is 42.6 Å². The Labute approximate surface area is 146 Å². The predicted molar refractivity (Wildman–Crippen MR) is 94.2 cm³/mol. The number of hydrogen-bond acceptors (Lipinski definition) is 6. The number of aromatic nitrogens is 5. The molecular weight excluding hydrogens is 316 g/mol. The van der Waals surface area contributed by atoms with Crippen LogP contribution in [0.25, 0.3) is 11.0 Å². The number of ether oxygens (including phenoxy) is 1. The fourth-order valence-electron chi connectivity index (χ4n) is 3.38. The molecule has 1 atom stereocenters. The number of likely N-dealkylation sites (tertiary alicyclic amines) is 1. The fourth-order valence-corrected chi connectivity index (χ4v) is 3.38. The number of nitrogens with zero attached hydrogens (tertiary/aromatic N) is 6. The number of rotatable bonds is 4. The van der Waals surface area contributed by atoms with Crippen LogP contribution in [0.5, 0.6) is 5.88 Å². The molecule has 3 aromatic rings. The van der Waals surface area contributed by atoms with Crippen molar-refractivity contribution >= 4 is 11.0 Å². The second-order valence-electron chi connectivity index (χ2n) is 6.53. The normalized spacial score (nSPS) is 17.7. The van der Waals surface area contributed by atoms with E-state index >= 15 is 0 Å². The van der Waals surface area contributed by atoms with E-state index in [1.54, 1.807) is 12.5 Å². The van der Waals surface area contributed by atoms with Crippen molar-refractivity contribution in [1.29, 1.82) is 0 Å². The van der Waals surface area contributed by atoms with Crippen LogP contribution in [0.4, 0.5) is 0 Å². The van der Waals surface area contributed by atoms with Crippen LogP contribution in [0, 0.1) is 0 Å². The lowest BCUT2D eigenvalue weighted by Gasteiger charge is -2.35. The van der Waals surface area contributed by atoms with Crippen LogP contribution in [0.3, 0.4) is 0 Å². The lowest BCUT2D eigenvalue weighted by Crippen LogP contribution is -2.40. The zero-order chi connectivity index (χ0) is 17.2. The Morgan fingerprint density at radius 1 is 1.16 bits per heavy atom. The van der Waals surface area contributed by atoms with E-state index in [0.717, 1.165) is 42.8 Å². The van der Waals surface area contributed by atoms with Crippen LogP contribution < -0.4 is 4.74 Å². The number of fused-ring (bicyclic) bond motifs is 1. The summed E-state index contributed by atoms with van der Waals surface area (Å²) in [6.07, 6.45) is 5.59. The number of benzene rings is 1. The molecule has 0 bridgehead atoms. The van der Waals surface area contributed by atoms with Crippen LogP contribution in [0.15, 0.2) is 36.8 Å². The Morgan fingerprint density at radius 2 is 1.92 bits per heavy atom. The Hall–Kier alpha value is -2.54. The summed E-state index contributed by atoms with van der Waals surface area (Å²) in [6, 6.07) is 8.10. The molecule has 1 fully saturated rings. The topological polar surface area (TPSA) is 69.0 Å². The second kappa shape index (κ2) is 6.76. The summed E-state index contributed by atoms with van der Waals surface area (Å²) < 4.78 is 8.06. The smallest absolute Gasteiger partial charge is 0.233 e. The molecule has 130 valence electrons. The van der Waals surface area contributed by atoms with Crippen LogP contribution >= 0.6 is 0 Å². The molecule has 7 nitrogen and oxygen atoms in total. The average Bonchev–Trinajstić information content (AvgIpc) is 3.08. The van der Waals surface area contributed by atoms with Gasteiger partial charge in [0.25, 0.3) is 0 Å².